The van der Waals surface area contributed by atoms with Crippen molar-refractivity contribution in [2.75, 3.05) is 13.1 Å². The van der Waals surface area contributed by atoms with Gasteiger partial charge in [-0.3, -0.25) is 14.4 Å². The molecule has 3 aliphatic rings. The number of aromatic nitrogens is 1. The van der Waals surface area contributed by atoms with Gasteiger partial charge in [-0.05, 0) is 36.3 Å². The third-order valence-corrected chi connectivity index (χ3v) is 7.53. The number of amides is 2. The molecule has 6 rings (SSSR count). The highest BCUT2D eigenvalue weighted by Crippen LogP contribution is 2.49. The monoisotopic (exact) mass is 505 g/mol. The van der Waals surface area contributed by atoms with Gasteiger partial charge in [-0.25, -0.2) is 8.78 Å². The first-order valence-corrected chi connectivity index (χ1v) is 12.4. The summed E-state index contributed by atoms with van der Waals surface area (Å²) >= 11 is 0. The molecule has 0 radical (unpaired) electrons. The molecule has 7 nitrogen and oxygen atoms in total. The maximum Gasteiger partial charge on any atom is 0.274 e. The van der Waals surface area contributed by atoms with Gasteiger partial charge >= 0.3 is 0 Å². The number of hydrogen-bond acceptors (Lipinski definition) is 4. The summed E-state index contributed by atoms with van der Waals surface area (Å²) in [6.45, 7) is 1.00. The molecular weight excluding hydrogens is 480 g/mol. The molecule has 1 N–H and O–H groups in total. The van der Waals surface area contributed by atoms with Crippen LogP contribution < -0.4 is 15.5 Å². The Hall–Kier alpha value is -4.01. The van der Waals surface area contributed by atoms with Gasteiger partial charge in [0.2, 0.25) is 5.43 Å². The van der Waals surface area contributed by atoms with Gasteiger partial charge in [0.1, 0.15) is 23.8 Å². The highest BCUT2D eigenvalue weighted by molar-refractivity contribution is 5.99. The van der Waals surface area contributed by atoms with Crippen molar-refractivity contribution in [3.05, 3.63) is 99.0 Å². The molecule has 1 aromatic heterocycles. The van der Waals surface area contributed by atoms with Crippen LogP contribution in [0.25, 0.3) is 0 Å². The van der Waals surface area contributed by atoms with E-state index in [1.54, 1.807) is 9.47 Å². The molecule has 2 aliphatic heterocycles. The Bertz CT molecular complexity index is 1460. The molecule has 1 unspecified atom stereocenters. The quantitative estimate of drug-likeness (QED) is 0.555. The van der Waals surface area contributed by atoms with E-state index in [0.717, 1.165) is 30.5 Å². The SMILES string of the molecule is O=C(NCc1ccc(F)cc1F)c1cn2c(c(OCc3ccccc3)c1=O)C(=O)N1CC3C[C@@H]3C[C@H]2C1. The largest absolute Gasteiger partial charge is 0.483 e. The number of benzene rings is 2. The molecule has 190 valence electrons. The molecule has 1 saturated carbocycles. The van der Waals surface area contributed by atoms with Crippen LogP contribution in [0.3, 0.4) is 0 Å². The zero-order valence-corrected chi connectivity index (χ0v) is 20.0. The van der Waals surface area contributed by atoms with Crippen molar-refractivity contribution in [1.82, 2.24) is 14.8 Å². The lowest BCUT2D eigenvalue weighted by molar-refractivity contribution is 0.0660. The van der Waals surface area contributed by atoms with Gasteiger partial charge in [0, 0.05) is 37.5 Å². The van der Waals surface area contributed by atoms with Crippen molar-refractivity contribution in [1.29, 1.82) is 0 Å². The minimum Gasteiger partial charge on any atom is -0.483 e. The summed E-state index contributed by atoms with van der Waals surface area (Å²) in [6.07, 6.45) is 3.36. The highest BCUT2D eigenvalue weighted by Gasteiger charge is 2.48. The minimum absolute atomic E-state index is 0.0537. The lowest BCUT2D eigenvalue weighted by atomic mass is 10.0. The zero-order chi connectivity index (χ0) is 25.7. The zero-order valence-electron chi connectivity index (χ0n) is 20.0. The van der Waals surface area contributed by atoms with Crippen molar-refractivity contribution < 1.29 is 23.1 Å². The van der Waals surface area contributed by atoms with Crippen molar-refractivity contribution in [2.24, 2.45) is 11.8 Å². The lowest BCUT2D eigenvalue weighted by Crippen LogP contribution is -2.45. The smallest absolute Gasteiger partial charge is 0.274 e. The van der Waals surface area contributed by atoms with Crippen molar-refractivity contribution in [2.45, 2.75) is 32.0 Å². The third kappa shape index (κ3) is 4.39. The van der Waals surface area contributed by atoms with Crippen LogP contribution in [0.1, 0.15) is 50.9 Å². The average molecular weight is 506 g/mol. The fourth-order valence-corrected chi connectivity index (χ4v) is 5.44. The molecule has 9 heteroatoms. The normalized spacial score (nSPS) is 21.5. The van der Waals surface area contributed by atoms with Crippen molar-refractivity contribution in [3.63, 3.8) is 0 Å². The number of carbonyl (C=O) groups excluding carboxylic acids is 2. The Labute approximate surface area is 211 Å². The molecule has 2 fully saturated rings. The van der Waals surface area contributed by atoms with E-state index in [4.69, 9.17) is 4.74 Å². The first-order valence-electron chi connectivity index (χ1n) is 12.4. The van der Waals surface area contributed by atoms with Crippen LogP contribution in [0.2, 0.25) is 0 Å². The van der Waals surface area contributed by atoms with E-state index >= 15 is 0 Å². The molecule has 2 bridgehead atoms. The fraction of sp³-hybridized carbons (Fsp3) is 0.321. The van der Waals surface area contributed by atoms with Gasteiger partial charge < -0.3 is 19.5 Å². The van der Waals surface area contributed by atoms with Crippen LogP contribution in [-0.4, -0.2) is 34.4 Å². The maximum absolute atomic E-state index is 14.1. The standard InChI is InChI=1S/C28H25F2N3O4/c29-20-7-6-17(23(30)10-20)11-31-27(35)22-14-33-21-9-18-8-19(18)12-32(13-21)28(36)24(33)26(25(22)34)37-15-16-4-2-1-3-5-16/h1-7,10,14,18-19,21H,8-9,11-13,15H2,(H,31,35)/t18-,19?,21+/m1/s1. The van der Waals surface area contributed by atoms with Crippen molar-refractivity contribution >= 4 is 11.8 Å². The van der Waals surface area contributed by atoms with E-state index in [1.807, 2.05) is 30.3 Å². The number of halogens is 2. The predicted octanol–water partition coefficient (Wildman–Crippen LogP) is 3.67. The summed E-state index contributed by atoms with van der Waals surface area (Å²) in [4.78, 5) is 42.0. The third-order valence-electron chi connectivity index (χ3n) is 7.53. The summed E-state index contributed by atoms with van der Waals surface area (Å²) in [5, 5.41) is 2.55. The molecule has 2 amide bonds. The first kappa shape index (κ1) is 23.4. The van der Waals surface area contributed by atoms with E-state index in [9.17, 15) is 23.2 Å². The number of rotatable bonds is 6. The van der Waals surface area contributed by atoms with Gasteiger partial charge in [0.05, 0.1) is 6.04 Å². The van der Waals surface area contributed by atoms with E-state index in [-0.39, 0.29) is 47.7 Å². The van der Waals surface area contributed by atoms with Crippen LogP contribution in [0.5, 0.6) is 5.75 Å². The second-order valence-corrected chi connectivity index (χ2v) is 10.0. The summed E-state index contributed by atoms with van der Waals surface area (Å²) in [5.41, 5.74) is 0.177. The summed E-state index contributed by atoms with van der Waals surface area (Å²) in [6, 6.07) is 12.2. The second-order valence-electron chi connectivity index (χ2n) is 10.0. The van der Waals surface area contributed by atoms with Crippen LogP contribution in [0.15, 0.2) is 59.5 Å². The molecule has 3 atom stereocenters. The molecule has 1 aliphatic carbocycles. The minimum atomic E-state index is -0.794. The number of carbonyl (C=O) groups is 2. The summed E-state index contributed by atoms with van der Waals surface area (Å²) in [5.74, 6) is -1.68. The molecule has 3 heterocycles. The number of hydrogen-bond donors (Lipinski definition) is 1. The van der Waals surface area contributed by atoms with E-state index in [1.165, 1.54) is 12.3 Å². The predicted molar refractivity (Wildman–Crippen MR) is 130 cm³/mol. The van der Waals surface area contributed by atoms with E-state index < -0.39 is 23.0 Å². The number of pyridine rings is 1. The van der Waals surface area contributed by atoms with Gasteiger partial charge in [-0.2, -0.15) is 0 Å². The molecule has 0 spiro atoms. The van der Waals surface area contributed by atoms with Gasteiger partial charge in [0.15, 0.2) is 11.4 Å². The van der Waals surface area contributed by atoms with Crippen LogP contribution in [0, 0.1) is 23.5 Å². The number of fused-ring (bicyclic) bond motifs is 5. The van der Waals surface area contributed by atoms with Crippen LogP contribution in [-0.2, 0) is 13.2 Å². The van der Waals surface area contributed by atoms with Gasteiger partial charge in [-0.15, -0.1) is 0 Å². The maximum atomic E-state index is 14.1. The van der Waals surface area contributed by atoms with Gasteiger partial charge in [0.25, 0.3) is 11.8 Å². The second kappa shape index (κ2) is 9.14. The first-order chi connectivity index (χ1) is 17.9. The van der Waals surface area contributed by atoms with Gasteiger partial charge in [-0.1, -0.05) is 36.4 Å². The Morgan fingerprint density at radius 1 is 1.03 bits per heavy atom. The highest BCUT2D eigenvalue weighted by atomic mass is 19.1. The Morgan fingerprint density at radius 2 is 1.84 bits per heavy atom. The molecule has 37 heavy (non-hydrogen) atoms. The van der Waals surface area contributed by atoms with Crippen LogP contribution in [0.4, 0.5) is 8.78 Å². The molecule has 3 aromatic rings. The fourth-order valence-electron chi connectivity index (χ4n) is 5.44. The Balaban J connectivity index is 1.37. The summed E-state index contributed by atoms with van der Waals surface area (Å²) in [7, 11) is 0. The topological polar surface area (TPSA) is 80.6 Å². The number of nitrogens with zero attached hydrogens (tertiary/aromatic N) is 2. The Morgan fingerprint density at radius 3 is 2.62 bits per heavy atom. The molecular formula is C28H25F2N3O4. The lowest BCUT2D eigenvalue weighted by Gasteiger charge is -2.35. The Kier molecular flexibility index (Phi) is 5.78. The van der Waals surface area contributed by atoms with E-state index in [2.05, 4.69) is 5.32 Å². The number of nitrogens with one attached hydrogen (secondary N) is 1. The van der Waals surface area contributed by atoms with E-state index in [0.29, 0.717) is 24.9 Å². The van der Waals surface area contributed by atoms with Crippen molar-refractivity contribution in [3.8, 4) is 5.75 Å². The molecule has 2 aromatic carbocycles. The molecule has 1 saturated heterocycles. The average Bonchev–Trinajstić information content (AvgIpc) is 3.64. The summed E-state index contributed by atoms with van der Waals surface area (Å²) < 4.78 is 35.0. The number of ether oxygens (including phenoxy) is 1. The van der Waals surface area contributed by atoms with Crippen LogP contribution >= 0.6 is 0 Å².